The van der Waals surface area contributed by atoms with Gasteiger partial charge in [-0.15, -0.1) is 0 Å². The van der Waals surface area contributed by atoms with E-state index in [9.17, 15) is 18.0 Å². The molecule has 0 unspecified atom stereocenters. The van der Waals surface area contributed by atoms with Crippen LogP contribution in [0.3, 0.4) is 0 Å². The summed E-state index contributed by atoms with van der Waals surface area (Å²) in [5.74, 6) is -0.526. The zero-order valence-electron chi connectivity index (χ0n) is 15.0. The van der Waals surface area contributed by atoms with Crippen molar-refractivity contribution >= 4 is 21.8 Å². The molecule has 0 bridgehead atoms. The normalized spacial score (nSPS) is 25.5. The summed E-state index contributed by atoms with van der Waals surface area (Å²) >= 11 is 0. The number of hydrogen-bond donors (Lipinski definition) is 0. The number of amides is 2. The average Bonchev–Trinajstić information content (AvgIpc) is 3.17. The molecule has 9 nitrogen and oxygen atoms in total. The van der Waals surface area contributed by atoms with E-state index < -0.39 is 16.1 Å². The highest BCUT2D eigenvalue weighted by atomic mass is 32.2. The number of likely N-dealkylation sites (tertiary alicyclic amines) is 1. The molecule has 3 fully saturated rings. The number of morpholine rings is 2. The molecule has 148 valence electrons. The first-order valence-corrected chi connectivity index (χ1v) is 10.8. The van der Waals surface area contributed by atoms with Gasteiger partial charge >= 0.3 is 0 Å². The lowest BCUT2D eigenvalue weighted by atomic mass is 10.1. The van der Waals surface area contributed by atoms with E-state index >= 15 is 0 Å². The molecule has 1 atom stereocenters. The SMILES string of the molecule is O=C([C@@H]1CCCN1C(=O)CCS(=O)(=O)N1CCOCC1)N1CCOCC1. The molecule has 26 heavy (non-hydrogen) atoms. The second-order valence-electron chi connectivity index (χ2n) is 6.76. The Labute approximate surface area is 154 Å². The number of ether oxygens (including phenoxy) is 2. The van der Waals surface area contributed by atoms with Crippen LogP contribution in [0.25, 0.3) is 0 Å². The van der Waals surface area contributed by atoms with Crippen molar-refractivity contribution in [3.05, 3.63) is 0 Å². The topological polar surface area (TPSA) is 96.5 Å². The number of nitrogens with zero attached hydrogens (tertiary/aromatic N) is 3. The lowest BCUT2D eigenvalue weighted by molar-refractivity contribution is -0.146. The summed E-state index contributed by atoms with van der Waals surface area (Å²) in [5, 5.41) is 0. The Bertz CT molecular complexity index is 613. The third kappa shape index (κ3) is 4.54. The smallest absolute Gasteiger partial charge is 0.245 e. The standard InChI is InChI=1S/C16H27N3O6S/c20-15(3-13-26(22,23)18-7-11-25-12-8-18)19-4-1-2-14(19)16(21)17-5-9-24-10-6-17/h14H,1-13H2/t14-/m0/s1. The molecule has 0 aromatic rings. The zero-order chi connectivity index (χ0) is 18.6. The monoisotopic (exact) mass is 389 g/mol. The van der Waals surface area contributed by atoms with Crippen molar-refractivity contribution in [1.82, 2.24) is 14.1 Å². The van der Waals surface area contributed by atoms with Crippen molar-refractivity contribution in [3.63, 3.8) is 0 Å². The fourth-order valence-corrected chi connectivity index (χ4v) is 5.03. The van der Waals surface area contributed by atoms with Crippen LogP contribution in [0.4, 0.5) is 0 Å². The fraction of sp³-hybridized carbons (Fsp3) is 0.875. The van der Waals surface area contributed by atoms with Gasteiger partial charge in [0.05, 0.1) is 32.2 Å². The molecule has 0 saturated carbocycles. The van der Waals surface area contributed by atoms with Crippen LogP contribution >= 0.6 is 0 Å². The molecule has 3 heterocycles. The van der Waals surface area contributed by atoms with Crippen LogP contribution in [-0.4, -0.2) is 105 Å². The van der Waals surface area contributed by atoms with Crippen LogP contribution in [0.15, 0.2) is 0 Å². The molecular weight excluding hydrogens is 362 g/mol. The van der Waals surface area contributed by atoms with Gasteiger partial charge in [0.15, 0.2) is 0 Å². The molecule has 3 aliphatic rings. The van der Waals surface area contributed by atoms with Crippen molar-refractivity contribution in [1.29, 1.82) is 0 Å². The molecule has 3 aliphatic heterocycles. The molecule has 0 aromatic carbocycles. The largest absolute Gasteiger partial charge is 0.379 e. The van der Waals surface area contributed by atoms with Gasteiger partial charge in [0.2, 0.25) is 21.8 Å². The van der Waals surface area contributed by atoms with E-state index in [1.54, 1.807) is 9.80 Å². The van der Waals surface area contributed by atoms with E-state index in [0.717, 1.165) is 6.42 Å². The van der Waals surface area contributed by atoms with Gasteiger partial charge in [-0.2, -0.15) is 4.31 Å². The zero-order valence-corrected chi connectivity index (χ0v) is 15.8. The molecule has 3 rings (SSSR count). The minimum Gasteiger partial charge on any atom is -0.379 e. The number of rotatable bonds is 5. The van der Waals surface area contributed by atoms with Crippen LogP contribution in [-0.2, 0) is 29.1 Å². The predicted octanol–water partition coefficient (Wildman–Crippen LogP) is -1.11. The van der Waals surface area contributed by atoms with E-state index in [0.29, 0.717) is 65.6 Å². The Kier molecular flexibility index (Phi) is 6.49. The molecule has 0 N–H and O–H groups in total. The summed E-state index contributed by atoms with van der Waals surface area (Å²) in [6.07, 6.45) is 1.31. The molecule has 2 amide bonds. The summed E-state index contributed by atoms with van der Waals surface area (Å²) in [6, 6.07) is -0.466. The lowest BCUT2D eigenvalue weighted by Gasteiger charge is -2.32. The molecule has 3 saturated heterocycles. The minimum atomic E-state index is -3.47. The molecule has 0 aliphatic carbocycles. The van der Waals surface area contributed by atoms with Crippen LogP contribution in [0.1, 0.15) is 19.3 Å². The number of hydrogen-bond acceptors (Lipinski definition) is 6. The van der Waals surface area contributed by atoms with Crippen molar-refractivity contribution in [2.75, 3.05) is 64.9 Å². The second kappa shape index (κ2) is 8.64. The highest BCUT2D eigenvalue weighted by Gasteiger charge is 2.37. The third-order valence-corrected chi connectivity index (χ3v) is 6.99. The fourth-order valence-electron chi connectivity index (χ4n) is 3.63. The first-order valence-electron chi connectivity index (χ1n) is 9.20. The molecule has 0 spiro atoms. The number of carbonyl (C=O) groups is 2. The van der Waals surface area contributed by atoms with E-state index in [2.05, 4.69) is 0 Å². The molecule has 10 heteroatoms. The first-order chi connectivity index (χ1) is 12.5. The van der Waals surface area contributed by atoms with Crippen molar-refractivity contribution < 1.29 is 27.5 Å². The molecular formula is C16H27N3O6S. The second-order valence-corrected chi connectivity index (χ2v) is 8.85. The number of sulfonamides is 1. The highest BCUT2D eigenvalue weighted by molar-refractivity contribution is 7.89. The van der Waals surface area contributed by atoms with E-state index in [1.807, 2.05) is 0 Å². The Morgan fingerprint density at radius 2 is 1.54 bits per heavy atom. The maximum atomic E-state index is 12.7. The Morgan fingerprint density at radius 3 is 2.19 bits per heavy atom. The maximum absolute atomic E-state index is 12.7. The summed E-state index contributed by atoms with van der Waals surface area (Å²) in [7, 11) is -3.47. The summed E-state index contributed by atoms with van der Waals surface area (Å²) in [5.41, 5.74) is 0. The van der Waals surface area contributed by atoms with Crippen molar-refractivity contribution in [3.8, 4) is 0 Å². The van der Waals surface area contributed by atoms with Gasteiger partial charge in [-0.1, -0.05) is 0 Å². The predicted molar refractivity (Wildman–Crippen MR) is 92.9 cm³/mol. The minimum absolute atomic E-state index is 0.0461. The quantitative estimate of drug-likeness (QED) is 0.592. The van der Waals surface area contributed by atoms with E-state index in [1.165, 1.54) is 4.31 Å². The number of carbonyl (C=O) groups excluding carboxylic acids is 2. The van der Waals surface area contributed by atoms with E-state index in [-0.39, 0.29) is 24.0 Å². The highest BCUT2D eigenvalue weighted by Crippen LogP contribution is 2.21. The first kappa shape index (κ1) is 19.5. The van der Waals surface area contributed by atoms with Gasteiger partial charge in [-0.3, -0.25) is 9.59 Å². The van der Waals surface area contributed by atoms with Crippen molar-refractivity contribution in [2.45, 2.75) is 25.3 Å². The van der Waals surface area contributed by atoms with Crippen molar-refractivity contribution in [2.24, 2.45) is 0 Å². The maximum Gasteiger partial charge on any atom is 0.245 e. The van der Waals surface area contributed by atoms with Crippen LogP contribution < -0.4 is 0 Å². The Hall–Kier alpha value is -1.23. The van der Waals surface area contributed by atoms with E-state index in [4.69, 9.17) is 9.47 Å². The summed E-state index contributed by atoms with van der Waals surface area (Å²) < 4.78 is 36.6. The summed E-state index contributed by atoms with van der Waals surface area (Å²) in [6.45, 7) is 4.07. The van der Waals surface area contributed by atoms with Gasteiger partial charge in [0, 0.05) is 39.1 Å². The third-order valence-electron chi connectivity index (χ3n) is 5.12. The Balaban J connectivity index is 1.55. The molecule has 0 aromatic heterocycles. The van der Waals surface area contributed by atoms with Gasteiger partial charge in [0.1, 0.15) is 6.04 Å². The van der Waals surface area contributed by atoms with Gasteiger partial charge in [-0.25, -0.2) is 8.42 Å². The summed E-state index contributed by atoms with van der Waals surface area (Å²) in [4.78, 5) is 28.6. The van der Waals surface area contributed by atoms with Gasteiger partial charge in [0.25, 0.3) is 0 Å². The molecule has 0 radical (unpaired) electrons. The van der Waals surface area contributed by atoms with Gasteiger partial charge in [-0.05, 0) is 12.8 Å². The Morgan fingerprint density at radius 1 is 0.923 bits per heavy atom. The van der Waals surface area contributed by atoms with Gasteiger partial charge < -0.3 is 19.3 Å². The lowest BCUT2D eigenvalue weighted by Crippen LogP contribution is -2.51. The average molecular weight is 389 g/mol. The van der Waals surface area contributed by atoms with Crippen LogP contribution in [0.5, 0.6) is 0 Å². The van der Waals surface area contributed by atoms with Crippen LogP contribution in [0.2, 0.25) is 0 Å². The van der Waals surface area contributed by atoms with Crippen LogP contribution in [0, 0.1) is 0 Å².